The molecule has 0 atom stereocenters. The molecule has 2 aromatic carbocycles. The molecule has 0 aliphatic rings. The number of nitrogens with zero attached hydrogens (tertiary/aromatic N) is 1. The minimum atomic E-state index is -0.535. The fraction of sp³-hybridized carbons (Fsp3) is 0.176. The van der Waals surface area contributed by atoms with Gasteiger partial charge < -0.3 is 10.1 Å². The van der Waals surface area contributed by atoms with E-state index in [0.29, 0.717) is 11.4 Å². The SMILES string of the molecule is COc1ccccc1N(CC(=O)Nc1ccccc1F)C(C)=O. The van der Waals surface area contributed by atoms with Crippen LogP contribution in [-0.2, 0) is 9.59 Å². The zero-order valence-electron chi connectivity index (χ0n) is 12.9. The predicted molar refractivity (Wildman–Crippen MR) is 86.1 cm³/mol. The first-order chi connectivity index (χ1) is 11.0. The molecule has 0 aromatic heterocycles. The smallest absolute Gasteiger partial charge is 0.244 e. The van der Waals surface area contributed by atoms with Crippen LogP contribution in [0.5, 0.6) is 5.75 Å². The number of para-hydroxylation sites is 3. The van der Waals surface area contributed by atoms with Crippen LogP contribution in [0, 0.1) is 5.82 Å². The van der Waals surface area contributed by atoms with Crippen molar-refractivity contribution in [2.24, 2.45) is 0 Å². The zero-order chi connectivity index (χ0) is 16.8. The van der Waals surface area contributed by atoms with Crippen LogP contribution in [0.25, 0.3) is 0 Å². The second-order valence-electron chi connectivity index (χ2n) is 4.81. The summed E-state index contributed by atoms with van der Waals surface area (Å²) in [6.07, 6.45) is 0. The van der Waals surface area contributed by atoms with Gasteiger partial charge in [-0.2, -0.15) is 0 Å². The third kappa shape index (κ3) is 4.06. The minimum absolute atomic E-state index is 0.0704. The van der Waals surface area contributed by atoms with Crippen molar-refractivity contribution in [1.82, 2.24) is 0 Å². The average Bonchev–Trinajstić information content (AvgIpc) is 2.54. The van der Waals surface area contributed by atoms with Crippen LogP contribution in [0.1, 0.15) is 6.92 Å². The van der Waals surface area contributed by atoms with E-state index in [-0.39, 0.29) is 18.1 Å². The van der Waals surface area contributed by atoms with E-state index in [4.69, 9.17) is 4.74 Å². The molecule has 0 bridgehead atoms. The van der Waals surface area contributed by atoms with Crippen molar-refractivity contribution < 1.29 is 18.7 Å². The van der Waals surface area contributed by atoms with Gasteiger partial charge in [0.2, 0.25) is 11.8 Å². The highest BCUT2D eigenvalue weighted by Crippen LogP contribution is 2.27. The summed E-state index contributed by atoms with van der Waals surface area (Å²) in [6.45, 7) is 1.10. The maximum atomic E-state index is 13.6. The number of hydrogen-bond donors (Lipinski definition) is 1. The molecule has 1 N–H and O–H groups in total. The number of anilines is 2. The van der Waals surface area contributed by atoms with Crippen LogP contribution < -0.4 is 15.0 Å². The molecule has 0 spiro atoms. The highest BCUT2D eigenvalue weighted by Gasteiger charge is 2.19. The summed E-state index contributed by atoms with van der Waals surface area (Å²) in [5, 5.41) is 2.45. The van der Waals surface area contributed by atoms with Gasteiger partial charge in [-0.05, 0) is 24.3 Å². The molecule has 6 heteroatoms. The molecule has 120 valence electrons. The fourth-order valence-electron chi connectivity index (χ4n) is 2.11. The van der Waals surface area contributed by atoms with Crippen molar-refractivity contribution in [2.45, 2.75) is 6.92 Å². The van der Waals surface area contributed by atoms with E-state index < -0.39 is 11.7 Å². The Balaban J connectivity index is 2.18. The molecule has 0 saturated carbocycles. The van der Waals surface area contributed by atoms with Gasteiger partial charge >= 0.3 is 0 Å². The average molecular weight is 316 g/mol. The number of carbonyl (C=O) groups excluding carboxylic acids is 2. The Labute approximate surface area is 133 Å². The lowest BCUT2D eigenvalue weighted by Gasteiger charge is -2.22. The molecular weight excluding hydrogens is 299 g/mol. The highest BCUT2D eigenvalue weighted by atomic mass is 19.1. The number of halogens is 1. The number of nitrogens with one attached hydrogen (secondary N) is 1. The van der Waals surface area contributed by atoms with Gasteiger partial charge in [-0.25, -0.2) is 4.39 Å². The number of benzene rings is 2. The Morgan fingerprint density at radius 2 is 1.78 bits per heavy atom. The third-order valence-electron chi connectivity index (χ3n) is 3.21. The van der Waals surface area contributed by atoms with E-state index in [0.717, 1.165) is 0 Å². The van der Waals surface area contributed by atoms with Gasteiger partial charge in [0.1, 0.15) is 18.1 Å². The summed E-state index contributed by atoms with van der Waals surface area (Å²) < 4.78 is 18.8. The van der Waals surface area contributed by atoms with Crippen molar-refractivity contribution in [3.05, 3.63) is 54.3 Å². The molecular formula is C17H17FN2O3. The first-order valence-electron chi connectivity index (χ1n) is 6.98. The van der Waals surface area contributed by atoms with Crippen molar-refractivity contribution in [3.63, 3.8) is 0 Å². The van der Waals surface area contributed by atoms with Crippen molar-refractivity contribution in [3.8, 4) is 5.75 Å². The standard InChI is InChI=1S/C17H17FN2O3/c1-12(21)20(15-9-5-6-10-16(15)23-2)11-17(22)19-14-8-4-3-7-13(14)18/h3-10H,11H2,1-2H3,(H,19,22). The fourth-order valence-corrected chi connectivity index (χ4v) is 2.11. The van der Waals surface area contributed by atoms with Crippen LogP contribution >= 0.6 is 0 Å². The van der Waals surface area contributed by atoms with Gasteiger partial charge in [-0.15, -0.1) is 0 Å². The molecule has 0 heterocycles. The van der Waals surface area contributed by atoms with Crippen LogP contribution in [0.15, 0.2) is 48.5 Å². The van der Waals surface area contributed by atoms with E-state index in [1.165, 1.54) is 37.1 Å². The van der Waals surface area contributed by atoms with Gasteiger partial charge in [0.05, 0.1) is 18.5 Å². The highest BCUT2D eigenvalue weighted by molar-refractivity contribution is 6.02. The summed E-state index contributed by atoms with van der Waals surface area (Å²) >= 11 is 0. The van der Waals surface area contributed by atoms with Crippen LogP contribution in [0.4, 0.5) is 15.8 Å². The topological polar surface area (TPSA) is 58.6 Å². The first kappa shape index (κ1) is 16.5. The van der Waals surface area contributed by atoms with Gasteiger partial charge in [0, 0.05) is 6.92 Å². The molecule has 0 unspecified atom stereocenters. The van der Waals surface area contributed by atoms with E-state index in [9.17, 15) is 14.0 Å². The normalized spacial score (nSPS) is 10.0. The van der Waals surface area contributed by atoms with Crippen molar-refractivity contribution in [1.29, 1.82) is 0 Å². The van der Waals surface area contributed by atoms with E-state index in [1.807, 2.05) is 0 Å². The van der Waals surface area contributed by atoms with E-state index >= 15 is 0 Å². The Morgan fingerprint density at radius 1 is 1.13 bits per heavy atom. The summed E-state index contributed by atoms with van der Waals surface area (Å²) in [5.74, 6) is -0.886. The Kier molecular flexibility index (Phi) is 5.30. The number of rotatable bonds is 5. The second-order valence-corrected chi connectivity index (χ2v) is 4.81. The van der Waals surface area contributed by atoms with E-state index in [1.54, 1.807) is 30.3 Å². The number of methoxy groups -OCH3 is 1. The molecule has 2 amide bonds. The molecule has 5 nitrogen and oxygen atoms in total. The lowest BCUT2D eigenvalue weighted by Crippen LogP contribution is -2.37. The van der Waals surface area contributed by atoms with E-state index in [2.05, 4.69) is 5.32 Å². The van der Waals surface area contributed by atoms with Crippen LogP contribution in [0.3, 0.4) is 0 Å². The first-order valence-corrected chi connectivity index (χ1v) is 6.98. The summed E-state index contributed by atoms with van der Waals surface area (Å²) in [4.78, 5) is 25.3. The predicted octanol–water partition coefficient (Wildman–Crippen LogP) is 2.83. The molecule has 0 radical (unpaired) electrons. The van der Waals surface area contributed by atoms with Crippen molar-refractivity contribution >= 4 is 23.2 Å². The Hall–Kier alpha value is -2.89. The molecule has 0 saturated heterocycles. The van der Waals surface area contributed by atoms with Crippen LogP contribution in [0.2, 0.25) is 0 Å². The second kappa shape index (κ2) is 7.40. The number of amides is 2. The van der Waals surface area contributed by atoms with Crippen molar-refractivity contribution in [2.75, 3.05) is 23.9 Å². The van der Waals surface area contributed by atoms with Gasteiger partial charge in [0.15, 0.2) is 0 Å². The maximum absolute atomic E-state index is 13.6. The minimum Gasteiger partial charge on any atom is -0.495 e. The number of carbonyl (C=O) groups is 2. The lowest BCUT2D eigenvalue weighted by molar-refractivity contribution is -0.120. The quantitative estimate of drug-likeness (QED) is 0.923. The molecule has 0 aliphatic carbocycles. The number of ether oxygens (including phenoxy) is 1. The monoisotopic (exact) mass is 316 g/mol. The largest absolute Gasteiger partial charge is 0.495 e. The molecule has 2 rings (SSSR count). The molecule has 0 aliphatic heterocycles. The third-order valence-corrected chi connectivity index (χ3v) is 3.21. The Morgan fingerprint density at radius 3 is 2.43 bits per heavy atom. The Bertz CT molecular complexity index is 718. The zero-order valence-corrected chi connectivity index (χ0v) is 12.9. The maximum Gasteiger partial charge on any atom is 0.244 e. The van der Waals surface area contributed by atoms with Gasteiger partial charge in [-0.3, -0.25) is 14.5 Å². The molecule has 0 fully saturated rings. The van der Waals surface area contributed by atoms with Gasteiger partial charge in [0.25, 0.3) is 0 Å². The lowest BCUT2D eigenvalue weighted by atomic mass is 10.2. The van der Waals surface area contributed by atoms with Crippen LogP contribution in [-0.4, -0.2) is 25.5 Å². The van der Waals surface area contributed by atoms with Gasteiger partial charge in [-0.1, -0.05) is 24.3 Å². The molecule has 2 aromatic rings. The summed E-state index contributed by atoms with van der Waals surface area (Å²) in [6, 6.07) is 12.7. The number of hydrogen-bond acceptors (Lipinski definition) is 3. The molecule has 23 heavy (non-hydrogen) atoms. The summed E-state index contributed by atoms with van der Waals surface area (Å²) in [5.41, 5.74) is 0.548. The summed E-state index contributed by atoms with van der Waals surface area (Å²) in [7, 11) is 1.48.